The molecule has 0 radical (unpaired) electrons. The van der Waals surface area contributed by atoms with E-state index in [-0.39, 0.29) is 22.3 Å². The van der Waals surface area contributed by atoms with Crippen LogP contribution in [0.25, 0.3) is 0 Å². The van der Waals surface area contributed by atoms with E-state index in [0.29, 0.717) is 0 Å². The van der Waals surface area contributed by atoms with E-state index in [1.165, 1.54) is 12.1 Å². The summed E-state index contributed by atoms with van der Waals surface area (Å²) in [5, 5.41) is 2.39. The predicted molar refractivity (Wildman–Crippen MR) is 66.1 cm³/mol. The topological polar surface area (TPSA) is 63.8 Å². The van der Waals surface area contributed by atoms with Crippen molar-refractivity contribution in [3.8, 4) is 0 Å². The van der Waals surface area contributed by atoms with Crippen LogP contribution >= 0.6 is 11.6 Å². The average Bonchev–Trinajstić information content (AvgIpc) is 2.32. The van der Waals surface area contributed by atoms with Gasteiger partial charge in [0.15, 0.2) is 0 Å². The number of hydrogen-bond donors (Lipinski definition) is 2. The Balaban J connectivity index is 2.33. The molecule has 2 rings (SSSR count). The summed E-state index contributed by atoms with van der Waals surface area (Å²) in [4.78, 5) is 6.35. The Labute approximate surface area is 115 Å². The summed E-state index contributed by atoms with van der Waals surface area (Å²) < 4.78 is 50.8. The third kappa shape index (κ3) is 3.27. The van der Waals surface area contributed by atoms with Crippen molar-refractivity contribution in [2.45, 2.75) is 6.18 Å². The molecule has 0 aliphatic carbocycles. The third-order valence-corrected chi connectivity index (χ3v) is 2.50. The molecular formula is C11H7ClF4N4. The van der Waals surface area contributed by atoms with Crippen LogP contribution < -0.4 is 11.1 Å². The van der Waals surface area contributed by atoms with Crippen LogP contribution in [-0.4, -0.2) is 9.97 Å². The number of anilines is 3. The highest BCUT2D eigenvalue weighted by Crippen LogP contribution is 2.29. The molecule has 3 N–H and O–H groups in total. The lowest BCUT2D eigenvalue weighted by atomic mass is 10.3. The molecule has 0 saturated carbocycles. The Hall–Kier alpha value is -2.09. The number of hydrogen-bond acceptors (Lipinski definition) is 4. The van der Waals surface area contributed by atoms with Gasteiger partial charge in [-0.25, -0.2) is 14.4 Å². The second-order valence-corrected chi connectivity index (χ2v) is 4.16. The van der Waals surface area contributed by atoms with E-state index in [1.54, 1.807) is 0 Å². The Morgan fingerprint density at radius 2 is 1.85 bits per heavy atom. The van der Waals surface area contributed by atoms with Crippen LogP contribution in [0.15, 0.2) is 24.3 Å². The van der Waals surface area contributed by atoms with Gasteiger partial charge in [0.05, 0.1) is 5.02 Å². The molecule has 106 valence electrons. The van der Waals surface area contributed by atoms with Crippen LogP contribution in [0.4, 0.5) is 34.9 Å². The van der Waals surface area contributed by atoms with Crippen molar-refractivity contribution in [3.05, 3.63) is 40.9 Å². The molecule has 0 bridgehead atoms. The van der Waals surface area contributed by atoms with Crippen molar-refractivity contribution in [3.63, 3.8) is 0 Å². The van der Waals surface area contributed by atoms with Gasteiger partial charge in [-0.15, -0.1) is 0 Å². The van der Waals surface area contributed by atoms with Crippen molar-refractivity contribution in [1.82, 2.24) is 9.97 Å². The van der Waals surface area contributed by atoms with E-state index < -0.39 is 17.8 Å². The lowest BCUT2D eigenvalue weighted by Crippen LogP contribution is -2.13. The number of aromatic nitrogens is 2. The lowest BCUT2D eigenvalue weighted by molar-refractivity contribution is -0.144. The van der Waals surface area contributed by atoms with E-state index in [9.17, 15) is 17.6 Å². The molecule has 0 saturated heterocycles. The van der Waals surface area contributed by atoms with Gasteiger partial charge in [0.25, 0.3) is 0 Å². The highest BCUT2D eigenvalue weighted by molar-refractivity contribution is 6.30. The molecule has 0 unspecified atom stereocenters. The first-order chi connectivity index (χ1) is 9.25. The Bertz CT molecular complexity index is 645. The summed E-state index contributed by atoms with van der Waals surface area (Å²) in [5.41, 5.74) is 5.46. The first kappa shape index (κ1) is 14.3. The average molecular weight is 307 g/mol. The largest absolute Gasteiger partial charge is 0.451 e. The zero-order valence-electron chi connectivity index (χ0n) is 9.67. The van der Waals surface area contributed by atoms with Gasteiger partial charge in [0, 0.05) is 11.8 Å². The fraction of sp³-hybridized carbons (Fsp3) is 0.0909. The van der Waals surface area contributed by atoms with Crippen LogP contribution in [0, 0.1) is 5.82 Å². The summed E-state index contributed by atoms with van der Waals surface area (Å²) in [5.74, 6) is -2.65. The monoisotopic (exact) mass is 306 g/mol. The van der Waals surface area contributed by atoms with Crippen molar-refractivity contribution < 1.29 is 17.6 Å². The Kier molecular flexibility index (Phi) is 3.67. The van der Waals surface area contributed by atoms with Gasteiger partial charge in [-0.1, -0.05) is 11.6 Å². The number of benzene rings is 1. The number of nitrogens with one attached hydrogen (secondary N) is 1. The maximum atomic E-state index is 13.2. The third-order valence-electron chi connectivity index (χ3n) is 2.19. The van der Waals surface area contributed by atoms with E-state index in [2.05, 4.69) is 15.3 Å². The Morgan fingerprint density at radius 1 is 1.15 bits per heavy atom. The summed E-state index contributed by atoms with van der Waals surface area (Å²) in [7, 11) is 0. The Morgan fingerprint density at radius 3 is 2.45 bits per heavy atom. The molecule has 4 nitrogen and oxygen atoms in total. The van der Waals surface area contributed by atoms with Crippen molar-refractivity contribution >= 4 is 28.9 Å². The van der Waals surface area contributed by atoms with Crippen LogP contribution in [0.5, 0.6) is 0 Å². The smallest absolute Gasteiger partial charge is 0.384 e. The summed E-state index contributed by atoms with van der Waals surface area (Å²) >= 11 is 5.50. The fourth-order valence-electron chi connectivity index (χ4n) is 1.38. The number of rotatable bonds is 2. The standard InChI is InChI=1S/C11H7ClF4N4/c12-6-2-1-5(3-7(6)13)18-9-4-8(17)19-10(20-9)11(14,15)16/h1-4H,(H3,17,18,19,20). The molecule has 1 aromatic heterocycles. The number of alkyl halides is 3. The van der Waals surface area contributed by atoms with Crippen LogP contribution in [0.3, 0.4) is 0 Å². The summed E-state index contributed by atoms with van der Waals surface area (Å²) in [6, 6.07) is 4.76. The quantitative estimate of drug-likeness (QED) is 0.832. The molecule has 1 heterocycles. The zero-order valence-corrected chi connectivity index (χ0v) is 10.4. The van der Waals surface area contributed by atoms with Crippen molar-refractivity contribution in [2.75, 3.05) is 11.1 Å². The molecule has 2 aromatic rings. The fourth-order valence-corrected chi connectivity index (χ4v) is 1.50. The molecule has 9 heteroatoms. The van der Waals surface area contributed by atoms with Gasteiger partial charge in [-0.3, -0.25) is 0 Å². The molecule has 0 aliphatic rings. The van der Waals surface area contributed by atoms with Gasteiger partial charge in [0.1, 0.15) is 17.5 Å². The number of nitrogens with two attached hydrogens (primary N) is 1. The minimum atomic E-state index is -4.73. The number of nitrogen functional groups attached to an aromatic ring is 1. The van der Waals surface area contributed by atoms with Crippen LogP contribution in [0.2, 0.25) is 5.02 Å². The molecule has 0 spiro atoms. The van der Waals surface area contributed by atoms with E-state index in [4.69, 9.17) is 17.3 Å². The van der Waals surface area contributed by atoms with E-state index in [1.807, 2.05) is 0 Å². The summed E-state index contributed by atoms with van der Waals surface area (Å²) in [6.45, 7) is 0. The highest BCUT2D eigenvalue weighted by atomic mass is 35.5. The maximum absolute atomic E-state index is 13.2. The zero-order chi connectivity index (χ0) is 14.9. The van der Waals surface area contributed by atoms with E-state index >= 15 is 0 Å². The molecular weight excluding hydrogens is 300 g/mol. The molecule has 0 fully saturated rings. The van der Waals surface area contributed by atoms with Gasteiger partial charge in [-0.05, 0) is 18.2 Å². The minimum absolute atomic E-state index is 0.103. The van der Waals surface area contributed by atoms with E-state index in [0.717, 1.165) is 12.1 Å². The minimum Gasteiger partial charge on any atom is -0.384 e. The summed E-state index contributed by atoms with van der Waals surface area (Å²) in [6.07, 6.45) is -4.73. The molecule has 1 aromatic carbocycles. The first-order valence-corrected chi connectivity index (χ1v) is 5.57. The van der Waals surface area contributed by atoms with Crippen molar-refractivity contribution in [2.24, 2.45) is 0 Å². The van der Waals surface area contributed by atoms with Gasteiger partial charge < -0.3 is 11.1 Å². The van der Waals surface area contributed by atoms with Gasteiger partial charge >= 0.3 is 6.18 Å². The van der Waals surface area contributed by atoms with Crippen LogP contribution in [0.1, 0.15) is 5.82 Å². The van der Waals surface area contributed by atoms with Gasteiger partial charge in [-0.2, -0.15) is 13.2 Å². The first-order valence-electron chi connectivity index (χ1n) is 5.19. The second kappa shape index (κ2) is 5.12. The highest BCUT2D eigenvalue weighted by Gasteiger charge is 2.35. The molecule has 0 amide bonds. The number of halogens is 5. The van der Waals surface area contributed by atoms with Gasteiger partial charge in [0.2, 0.25) is 5.82 Å². The SMILES string of the molecule is Nc1cc(Nc2ccc(Cl)c(F)c2)nc(C(F)(F)F)n1. The molecule has 20 heavy (non-hydrogen) atoms. The second-order valence-electron chi connectivity index (χ2n) is 3.75. The van der Waals surface area contributed by atoms with Crippen molar-refractivity contribution in [1.29, 1.82) is 0 Å². The normalized spacial score (nSPS) is 11.4. The molecule has 0 atom stereocenters. The molecule has 0 aliphatic heterocycles. The lowest BCUT2D eigenvalue weighted by Gasteiger charge is -2.10. The maximum Gasteiger partial charge on any atom is 0.451 e. The number of nitrogens with zero attached hydrogens (tertiary/aromatic N) is 2. The van der Waals surface area contributed by atoms with Crippen LogP contribution in [-0.2, 0) is 6.18 Å². The predicted octanol–water partition coefficient (Wildman–Crippen LogP) is 3.61.